The summed E-state index contributed by atoms with van der Waals surface area (Å²) in [7, 11) is 0. The maximum absolute atomic E-state index is 14.1. The van der Waals surface area contributed by atoms with E-state index in [0.717, 1.165) is 62.5 Å². The van der Waals surface area contributed by atoms with Gasteiger partial charge in [0.2, 0.25) is 6.79 Å². The summed E-state index contributed by atoms with van der Waals surface area (Å²) in [6.45, 7) is 8.80. The molecule has 3 aromatic rings. The molecule has 3 aliphatic heterocycles. The van der Waals surface area contributed by atoms with Crippen LogP contribution in [-0.2, 0) is 6.42 Å². The molecule has 1 amide bonds. The van der Waals surface area contributed by atoms with E-state index in [-0.39, 0.29) is 6.79 Å². The molecule has 6 nitrogen and oxygen atoms in total. The number of carbonyl (C=O) groups is 1. The van der Waals surface area contributed by atoms with Crippen LogP contribution in [0.2, 0.25) is 0 Å². The molecule has 0 aliphatic carbocycles. The fourth-order valence-electron chi connectivity index (χ4n) is 6.59. The summed E-state index contributed by atoms with van der Waals surface area (Å²) in [6, 6.07) is 19.7. The lowest BCUT2D eigenvalue weighted by Gasteiger charge is -2.47. The first-order chi connectivity index (χ1) is 19.9. The van der Waals surface area contributed by atoms with Crippen molar-refractivity contribution in [3.63, 3.8) is 0 Å². The van der Waals surface area contributed by atoms with E-state index in [1.165, 1.54) is 22.8 Å². The normalized spacial score (nSPS) is 20.8. The van der Waals surface area contributed by atoms with Crippen LogP contribution in [0.15, 0.2) is 60.7 Å². The third-order valence-electron chi connectivity index (χ3n) is 8.96. The molecule has 0 unspecified atom stereocenters. The summed E-state index contributed by atoms with van der Waals surface area (Å²) < 4.78 is 39.2. The van der Waals surface area contributed by atoms with Crippen molar-refractivity contribution in [3.05, 3.63) is 94.6 Å². The molecule has 0 spiro atoms. The number of piperazine rings is 1. The first-order valence-corrected chi connectivity index (χ1v) is 14.6. The van der Waals surface area contributed by atoms with Crippen LogP contribution in [0.4, 0.5) is 8.78 Å². The maximum atomic E-state index is 14.1. The highest BCUT2D eigenvalue weighted by atomic mass is 19.1. The number of piperidine rings is 1. The quantitative estimate of drug-likeness (QED) is 0.389. The van der Waals surface area contributed by atoms with Gasteiger partial charge in [-0.2, -0.15) is 0 Å². The topological polar surface area (TPSA) is 45.2 Å². The van der Waals surface area contributed by atoms with E-state index in [4.69, 9.17) is 9.47 Å². The summed E-state index contributed by atoms with van der Waals surface area (Å²) in [6.07, 6.45) is 2.48. The van der Waals surface area contributed by atoms with Crippen LogP contribution in [0, 0.1) is 11.6 Å². The van der Waals surface area contributed by atoms with Crippen molar-refractivity contribution in [2.24, 2.45) is 0 Å². The molecule has 2 atom stereocenters. The Labute approximate surface area is 240 Å². The van der Waals surface area contributed by atoms with E-state index in [1.807, 2.05) is 6.07 Å². The standard InChI is InChI=1S/C33H37F2N3O3/c1-22-20-37(27-12-14-36(15-13-27)33(39)32-28(34)4-3-5-29(32)35)16-17-38(22)23(2)26-9-6-24(7-10-26)18-25-8-11-30-31(19-25)41-21-40-30/h3-11,19,22-23,27H,12-18,20-21H2,1-2H3/t22-,23+/m1/s1. The Balaban J connectivity index is 1.01. The molecule has 0 saturated carbocycles. The zero-order chi connectivity index (χ0) is 28.5. The van der Waals surface area contributed by atoms with Gasteiger partial charge in [0.05, 0.1) is 0 Å². The smallest absolute Gasteiger partial charge is 0.259 e. The number of amides is 1. The highest BCUT2D eigenvalue weighted by molar-refractivity contribution is 5.94. The van der Waals surface area contributed by atoms with E-state index in [1.54, 1.807) is 4.90 Å². The van der Waals surface area contributed by atoms with Gasteiger partial charge in [0.15, 0.2) is 11.5 Å². The molecule has 3 aliphatic rings. The summed E-state index contributed by atoms with van der Waals surface area (Å²) in [4.78, 5) is 19.5. The average molecular weight is 562 g/mol. The SMILES string of the molecule is C[C@@H]1CN(C2CCN(C(=O)c3c(F)cccc3F)CC2)CCN1[C@@H](C)c1ccc(Cc2ccc3c(c2)OCO3)cc1. The fourth-order valence-corrected chi connectivity index (χ4v) is 6.59. The summed E-state index contributed by atoms with van der Waals surface area (Å²) >= 11 is 0. The van der Waals surface area contributed by atoms with Crippen LogP contribution in [0.5, 0.6) is 11.5 Å². The van der Waals surface area contributed by atoms with Crippen molar-refractivity contribution in [1.82, 2.24) is 14.7 Å². The second-order valence-electron chi connectivity index (χ2n) is 11.5. The van der Waals surface area contributed by atoms with Gasteiger partial charge in [-0.15, -0.1) is 0 Å². The van der Waals surface area contributed by atoms with Gasteiger partial charge in [-0.05, 0) is 74.1 Å². The Kier molecular flexibility index (Phi) is 7.95. The van der Waals surface area contributed by atoms with Crippen molar-refractivity contribution < 1.29 is 23.0 Å². The van der Waals surface area contributed by atoms with Gasteiger partial charge >= 0.3 is 0 Å². The third kappa shape index (κ3) is 5.81. The van der Waals surface area contributed by atoms with Gasteiger partial charge in [0.25, 0.3) is 5.91 Å². The molecule has 41 heavy (non-hydrogen) atoms. The molecule has 6 rings (SSSR count). The summed E-state index contributed by atoms with van der Waals surface area (Å²) in [5.41, 5.74) is 3.34. The van der Waals surface area contributed by atoms with Gasteiger partial charge in [-0.25, -0.2) is 8.78 Å². The number of hydrogen-bond acceptors (Lipinski definition) is 5. The molecular weight excluding hydrogens is 524 g/mol. The molecule has 0 aromatic heterocycles. The zero-order valence-corrected chi connectivity index (χ0v) is 23.7. The Bertz CT molecular complexity index is 1370. The second kappa shape index (κ2) is 11.8. The van der Waals surface area contributed by atoms with E-state index >= 15 is 0 Å². The monoisotopic (exact) mass is 561 g/mol. The van der Waals surface area contributed by atoms with Gasteiger partial charge in [-0.3, -0.25) is 14.6 Å². The van der Waals surface area contributed by atoms with Crippen molar-refractivity contribution in [2.75, 3.05) is 39.5 Å². The lowest BCUT2D eigenvalue weighted by atomic mass is 9.97. The number of halogens is 2. The first-order valence-electron chi connectivity index (χ1n) is 14.6. The first kappa shape index (κ1) is 27.7. The Hall–Kier alpha value is -3.49. The number of carbonyl (C=O) groups excluding carboxylic acids is 1. The van der Waals surface area contributed by atoms with E-state index < -0.39 is 23.1 Å². The second-order valence-corrected chi connectivity index (χ2v) is 11.5. The fraction of sp³-hybridized carbons (Fsp3) is 0.424. The van der Waals surface area contributed by atoms with Crippen LogP contribution in [0.1, 0.15) is 59.8 Å². The number of fused-ring (bicyclic) bond motifs is 1. The largest absolute Gasteiger partial charge is 0.454 e. The Morgan fingerprint density at radius 3 is 2.29 bits per heavy atom. The number of likely N-dealkylation sites (tertiary alicyclic amines) is 1. The summed E-state index contributed by atoms with van der Waals surface area (Å²) in [5, 5.41) is 0. The van der Waals surface area contributed by atoms with Gasteiger partial charge in [0, 0.05) is 50.8 Å². The van der Waals surface area contributed by atoms with Crippen LogP contribution in [-0.4, -0.2) is 72.2 Å². The minimum Gasteiger partial charge on any atom is -0.454 e. The van der Waals surface area contributed by atoms with Crippen molar-refractivity contribution >= 4 is 5.91 Å². The minimum atomic E-state index is -0.796. The predicted molar refractivity (Wildman–Crippen MR) is 153 cm³/mol. The van der Waals surface area contributed by atoms with E-state index in [9.17, 15) is 13.6 Å². The Morgan fingerprint density at radius 1 is 0.902 bits per heavy atom. The molecule has 216 valence electrons. The lowest BCUT2D eigenvalue weighted by molar-refractivity contribution is 0.0134. The van der Waals surface area contributed by atoms with E-state index in [2.05, 4.69) is 60.0 Å². The van der Waals surface area contributed by atoms with Crippen LogP contribution >= 0.6 is 0 Å². The van der Waals surface area contributed by atoms with Crippen molar-refractivity contribution in [1.29, 1.82) is 0 Å². The lowest BCUT2D eigenvalue weighted by Crippen LogP contribution is -2.57. The molecule has 3 heterocycles. The number of ether oxygens (including phenoxy) is 2. The van der Waals surface area contributed by atoms with Crippen LogP contribution in [0.25, 0.3) is 0 Å². The molecular formula is C33H37F2N3O3. The average Bonchev–Trinajstić information content (AvgIpc) is 3.45. The number of hydrogen-bond donors (Lipinski definition) is 0. The highest BCUT2D eigenvalue weighted by Crippen LogP contribution is 2.33. The van der Waals surface area contributed by atoms with Crippen molar-refractivity contribution in [3.8, 4) is 11.5 Å². The predicted octanol–water partition coefficient (Wildman–Crippen LogP) is 5.66. The third-order valence-corrected chi connectivity index (χ3v) is 8.96. The minimum absolute atomic E-state index is 0.289. The maximum Gasteiger partial charge on any atom is 0.259 e. The van der Waals surface area contributed by atoms with Gasteiger partial charge in [-0.1, -0.05) is 36.4 Å². The van der Waals surface area contributed by atoms with Gasteiger partial charge < -0.3 is 14.4 Å². The molecule has 3 aromatic carbocycles. The van der Waals surface area contributed by atoms with E-state index in [0.29, 0.717) is 31.2 Å². The van der Waals surface area contributed by atoms with Crippen LogP contribution in [0.3, 0.4) is 0 Å². The number of nitrogens with zero attached hydrogens (tertiary/aromatic N) is 3. The zero-order valence-electron chi connectivity index (χ0n) is 23.7. The summed E-state index contributed by atoms with van der Waals surface area (Å²) in [5.74, 6) is -0.513. The number of benzene rings is 3. The molecule has 0 N–H and O–H groups in total. The highest BCUT2D eigenvalue weighted by Gasteiger charge is 2.34. The Morgan fingerprint density at radius 2 is 1.59 bits per heavy atom. The van der Waals surface area contributed by atoms with Gasteiger partial charge in [0.1, 0.15) is 17.2 Å². The molecule has 8 heteroatoms. The van der Waals surface area contributed by atoms with Crippen molar-refractivity contribution in [2.45, 2.75) is 51.2 Å². The molecule has 0 radical (unpaired) electrons. The molecule has 2 fully saturated rings. The molecule has 0 bridgehead atoms. The number of rotatable bonds is 6. The van der Waals surface area contributed by atoms with Crippen LogP contribution < -0.4 is 9.47 Å². The molecule has 2 saturated heterocycles.